The maximum absolute atomic E-state index is 11.3. The fraction of sp³-hybridized carbons (Fsp3) is 0.389. The van der Waals surface area contributed by atoms with E-state index in [0.717, 1.165) is 22.1 Å². The van der Waals surface area contributed by atoms with Crippen molar-refractivity contribution >= 4 is 16.7 Å². The number of rotatable bonds is 7. The number of benzene rings is 2. The molecule has 0 amide bonds. The molecule has 118 valence electrons. The Morgan fingerprint density at radius 3 is 2.64 bits per heavy atom. The number of aliphatic carboxylic acids is 1. The van der Waals surface area contributed by atoms with E-state index in [4.69, 9.17) is 4.74 Å². The SMILES string of the molecule is COc1cc(CN[C@H](CC(C)C)C(=O)O)cc2ccccc12. The number of methoxy groups -OCH3 is 1. The lowest BCUT2D eigenvalue weighted by Gasteiger charge is -2.17. The number of hydrogen-bond acceptors (Lipinski definition) is 3. The Kier molecular flexibility index (Phi) is 5.39. The Balaban J connectivity index is 2.18. The van der Waals surface area contributed by atoms with Crippen LogP contribution in [0.1, 0.15) is 25.8 Å². The van der Waals surface area contributed by atoms with Gasteiger partial charge in [-0.1, -0.05) is 38.1 Å². The number of carboxylic acids is 1. The summed E-state index contributed by atoms with van der Waals surface area (Å²) >= 11 is 0. The first-order valence-electron chi connectivity index (χ1n) is 7.53. The highest BCUT2D eigenvalue weighted by Gasteiger charge is 2.18. The summed E-state index contributed by atoms with van der Waals surface area (Å²) in [5.74, 6) is 0.340. The van der Waals surface area contributed by atoms with Crippen LogP contribution in [0.15, 0.2) is 36.4 Å². The van der Waals surface area contributed by atoms with Gasteiger partial charge in [-0.2, -0.15) is 0 Å². The molecule has 2 rings (SSSR count). The van der Waals surface area contributed by atoms with Crippen molar-refractivity contribution in [3.8, 4) is 5.75 Å². The number of carboxylic acid groups (broad SMARTS) is 1. The highest BCUT2D eigenvalue weighted by Crippen LogP contribution is 2.27. The summed E-state index contributed by atoms with van der Waals surface area (Å²) in [6.07, 6.45) is 0.611. The number of hydrogen-bond donors (Lipinski definition) is 2. The van der Waals surface area contributed by atoms with Crippen molar-refractivity contribution in [2.75, 3.05) is 7.11 Å². The summed E-state index contributed by atoms with van der Waals surface area (Å²) in [6.45, 7) is 4.55. The Hall–Kier alpha value is -2.07. The minimum atomic E-state index is -0.804. The molecule has 4 heteroatoms. The molecule has 2 N–H and O–H groups in total. The molecule has 0 fully saturated rings. The third-order valence-electron chi connectivity index (χ3n) is 3.66. The Bertz CT molecular complexity index is 652. The third-order valence-corrected chi connectivity index (χ3v) is 3.66. The minimum Gasteiger partial charge on any atom is -0.496 e. The molecule has 2 aromatic carbocycles. The lowest BCUT2D eigenvalue weighted by molar-refractivity contribution is -0.140. The predicted octanol–water partition coefficient (Wildman–Crippen LogP) is 3.44. The quantitative estimate of drug-likeness (QED) is 0.822. The fourth-order valence-corrected chi connectivity index (χ4v) is 2.59. The number of nitrogens with one attached hydrogen (secondary N) is 1. The van der Waals surface area contributed by atoms with Crippen LogP contribution < -0.4 is 10.1 Å². The summed E-state index contributed by atoms with van der Waals surface area (Å²) in [5, 5.41) is 14.6. The van der Waals surface area contributed by atoms with Crippen LogP contribution in [0.3, 0.4) is 0 Å². The topological polar surface area (TPSA) is 58.6 Å². The average molecular weight is 301 g/mol. The molecule has 4 nitrogen and oxygen atoms in total. The molecule has 0 saturated heterocycles. The zero-order chi connectivity index (χ0) is 16.1. The lowest BCUT2D eigenvalue weighted by atomic mass is 10.0. The molecule has 0 heterocycles. The zero-order valence-electron chi connectivity index (χ0n) is 13.3. The summed E-state index contributed by atoms with van der Waals surface area (Å²) in [6, 6.07) is 11.5. The van der Waals surface area contributed by atoms with Crippen LogP contribution in [-0.2, 0) is 11.3 Å². The van der Waals surface area contributed by atoms with Gasteiger partial charge in [0.1, 0.15) is 11.8 Å². The molecule has 1 atom stereocenters. The first-order chi connectivity index (χ1) is 10.5. The van der Waals surface area contributed by atoms with Crippen molar-refractivity contribution in [1.29, 1.82) is 0 Å². The zero-order valence-corrected chi connectivity index (χ0v) is 13.3. The van der Waals surface area contributed by atoms with E-state index in [9.17, 15) is 9.90 Å². The van der Waals surface area contributed by atoms with Gasteiger partial charge in [0.2, 0.25) is 0 Å². The van der Waals surface area contributed by atoms with Crippen molar-refractivity contribution in [3.63, 3.8) is 0 Å². The standard InChI is InChI=1S/C18H23NO3/c1-12(2)8-16(18(20)21)19-11-13-9-14-6-4-5-7-15(14)17(10-13)22-3/h4-7,9-10,12,16,19H,8,11H2,1-3H3,(H,20,21)/t16-/m1/s1. The molecule has 22 heavy (non-hydrogen) atoms. The van der Waals surface area contributed by atoms with Crippen LogP contribution in [0.2, 0.25) is 0 Å². The van der Waals surface area contributed by atoms with Gasteiger partial charge in [-0.3, -0.25) is 4.79 Å². The Morgan fingerprint density at radius 1 is 1.27 bits per heavy atom. The second-order valence-electron chi connectivity index (χ2n) is 5.92. The molecular formula is C18H23NO3. The number of ether oxygens (including phenoxy) is 1. The summed E-state index contributed by atoms with van der Waals surface area (Å²) in [7, 11) is 1.65. The van der Waals surface area contributed by atoms with Crippen molar-refractivity contribution in [1.82, 2.24) is 5.32 Å². The highest BCUT2D eigenvalue weighted by molar-refractivity contribution is 5.89. The van der Waals surface area contributed by atoms with Crippen LogP contribution in [-0.4, -0.2) is 24.2 Å². The van der Waals surface area contributed by atoms with E-state index in [1.807, 2.05) is 44.2 Å². The molecule has 0 radical (unpaired) electrons. The van der Waals surface area contributed by atoms with Gasteiger partial charge in [0.05, 0.1) is 7.11 Å². The van der Waals surface area contributed by atoms with Gasteiger partial charge in [0, 0.05) is 11.9 Å². The molecule has 0 aromatic heterocycles. The van der Waals surface area contributed by atoms with Crippen molar-refractivity contribution in [3.05, 3.63) is 42.0 Å². The highest BCUT2D eigenvalue weighted by atomic mass is 16.5. The van der Waals surface area contributed by atoms with E-state index < -0.39 is 12.0 Å². The maximum Gasteiger partial charge on any atom is 0.320 e. The average Bonchev–Trinajstić information content (AvgIpc) is 2.49. The lowest BCUT2D eigenvalue weighted by Crippen LogP contribution is -2.37. The van der Waals surface area contributed by atoms with E-state index in [1.165, 1.54) is 0 Å². The summed E-state index contributed by atoms with van der Waals surface area (Å²) in [5.41, 5.74) is 1.02. The predicted molar refractivity (Wildman–Crippen MR) is 88.2 cm³/mol. The van der Waals surface area contributed by atoms with E-state index in [-0.39, 0.29) is 0 Å². The van der Waals surface area contributed by atoms with E-state index in [1.54, 1.807) is 7.11 Å². The minimum absolute atomic E-state index is 0.333. The third kappa shape index (κ3) is 3.98. The van der Waals surface area contributed by atoms with E-state index in [0.29, 0.717) is 18.9 Å². The van der Waals surface area contributed by atoms with E-state index in [2.05, 4.69) is 11.4 Å². The molecule has 0 aliphatic carbocycles. The van der Waals surface area contributed by atoms with Gasteiger partial charge in [0.15, 0.2) is 0 Å². The molecule has 0 aliphatic heterocycles. The van der Waals surface area contributed by atoms with Crippen molar-refractivity contribution < 1.29 is 14.6 Å². The maximum atomic E-state index is 11.3. The first-order valence-corrected chi connectivity index (χ1v) is 7.53. The molecule has 2 aromatic rings. The molecule has 0 spiro atoms. The van der Waals surface area contributed by atoms with Gasteiger partial charge in [-0.15, -0.1) is 0 Å². The number of fused-ring (bicyclic) bond motifs is 1. The van der Waals surface area contributed by atoms with Gasteiger partial charge < -0.3 is 15.2 Å². The van der Waals surface area contributed by atoms with Gasteiger partial charge in [0.25, 0.3) is 0 Å². The van der Waals surface area contributed by atoms with Crippen LogP contribution in [0.5, 0.6) is 5.75 Å². The van der Waals surface area contributed by atoms with Crippen LogP contribution in [0, 0.1) is 5.92 Å². The first kappa shape index (κ1) is 16.3. The fourth-order valence-electron chi connectivity index (χ4n) is 2.59. The number of carbonyl (C=O) groups is 1. The molecule has 0 unspecified atom stereocenters. The van der Waals surface area contributed by atoms with Gasteiger partial charge >= 0.3 is 5.97 Å². The second-order valence-corrected chi connectivity index (χ2v) is 5.92. The van der Waals surface area contributed by atoms with Crippen LogP contribution >= 0.6 is 0 Å². The largest absolute Gasteiger partial charge is 0.496 e. The molecule has 0 bridgehead atoms. The smallest absolute Gasteiger partial charge is 0.320 e. The van der Waals surface area contributed by atoms with Gasteiger partial charge in [-0.05, 0) is 35.4 Å². The van der Waals surface area contributed by atoms with Crippen molar-refractivity contribution in [2.24, 2.45) is 5.92 Å². The second kappa shape index (κ2) is 7.27. The van der Waals surface area contributed by atoms with E-state index >= 15 is 0 Å². The monoisotopic (exact) mass is 301 g/mol. The summed E-state index contributed by atoms with van der Waals surface area (Å²) < 4.78 is 5.44. The van der Waals surface area contributed by atoms with Crippen LogP contribution in [0.25, 0.3) is 10.8 Å². The Morgan fingerprint density at radius 2 is 2.00 bits per heavy atom. The van der Waals surface area contributed by atoms with Crippen LogP contribution in [0.4, 0.5) is 0 Å². The normalized spacial score (nSPS) is 12.5. The Labute approximate surface area is 131 Å². The molecule has 0 saturated carbocycles. The molecule has 0 aliphatic rings. The van der Waals surface area contributed by atoms with Crippen molar-refractivity contribution in [2.45, 2.75) is 32.9 Å². The molecular weight excluding hydrogens is 278 g/mol. The summed E-state index contributed by atoms with van der Waals surface area (Å²) in [4.78, 5) is 11.3. The van der Waals surface area contributed by atoms with Gasteiger partial charge in [-0.25, -0.2) is 0 Å².